The number of thioether (sulfide) groups is 1. The number of rotatable bonds is 8. The summed E-state index contributed by atoms with van der Waals surface area (Å²) in [6, 6.07) is 14.4. The summed E-state index contributed by atoms with van der Waals surface area (Å²) in [6.45, 7) is 3.58. The van der Waals surface area contributed by atoms with Gasteiger partial charge < -0.3 is 19.3 Å². The molecule has 1 heterocycles. The quantitative estimate of drug-likeness (QED) is 0.444. The van der Waals surface area contributed by atoms with Crippen LogP contribution in [-0.2, 0) is 19.1 Å². The number of hydrogen-bond acceptors (Lipinski definition) is 8. The minimum Gasteiger partial charge on any atom is -0.506 e. The minimum absolute atomic E-state index is 0.000872. The molecule has 0 radical (unpaired) electrons. The number of para-hydroxylation sites is 1. The summed E-state index contributed by atoms with van der Waals surface area (Å²) >= 11 is 4.56. The molecule has 0 saturated carbocycles. The molecule has 0 bridgehead atoms. The van der Waals surface area contributed by atoms with E-state index >= 15 is 0 Å². The van der Waals surface area contributed by atoms with Crippen molar-refractivity contribution in [1.29, 1.82) is 0 Å². The monoisotopic (exact) mass is 531 g/mol. The van der Waals surface area contributed by atoms with Crippen LogP contribution in [-0.4, -0.2) is 41.9 Å². The molecule has 3 rings (SSSR count). The molecule has 0 amide bonds. The van der Waals surface area contributed by atoms with Crippen molar-refractivity contribution >= 4 is 56.4 Å². The zero-order chi connectivity index (χ0) is 23.8. The van der Waals surface area contributed by atoms with Gasteiger partial charge in [-0.25, -0.2) is 14.6 Å². The van der Waals surface area contributed by atoms with Crippen LogP contribution in [0.15, 0.2) is 74.2 Å². The molecular formula is C24H22BrNO6S. The van der Waals surface area contributed by atoms with Gasteiger partial charge in [0.2, 0.25) is 0 Å². The largest absolute Gasteiger partial charge is 0.506 e. The maximum atomic E-state index is 12.6. The number of halogens is 1. The lowest BCUT2D eigenvalue weighted by Gasteiger charge is -2.10. The lowest BCUT2D eigenvalue weighted by Crippen LogP contribution is -2.14. The number of hydrogen-bond donors (Lipinski definition) is 1. The van der Waals surface area contributed by atoms with E-state index in [1.165, 1.54) is 0 Å². The van der Waals surface area contributed by atoms with Gasteiger partial charge >= 0.3 is 11.9 Å². The second-order valence-electron chi connectivity index (χ2n) is 6.58. The van der Waals surface area contributed by atoms with Crippen molar-refractivity contribution in [2.45, 2.75) is 13.8 Å². The fourth-order valence-electron chi connectivity index (χ4n) is 2.86. The third-order valence-electron chi connectivity index (χ3n) is 4.27. The van der Waals surface area contributed by atoms with Crippen LogP contribution < -0.4 is 4.74 Å². The molecule has 1 N–H and O–H groups in total. The van der Waals surface area contributed by atoms with Crippen LogP contribution in [0.3, 0.4) is 0 Å². The Kier molecular flexibility index (Phi) is 8.73. The van der Waals surface area contributed by atoms with Gasteiger partial charge in [-0.2, -0.15) is 0 Å². The molecule has 2 aromatic rings. The van der Waals surface area contributed by atoms with Crippen molar-refractivity contribution in [3.63, 3.8) is 0 Å². The van der Waals surface area contributed by atoms with Gasteiger partial charge in [-0.1, -0.05) is 45.9 Å². The SMILES string of the molecule is CCOC(=O)COc1ccc(Br)cc1/C=C1\SC(=Nc2ccccc2)C(C(=O)OCC)=C1O. The zero-order valence-corrected chi connectivity index (χ0v) is 20.4. The summed E-state index contributed by atoms with van der Waals surface area (Å²) in [5.74, 6) is -0.963. The number of nitrogens with zero attached hydrogens (tertiary/aromatic N) is 1. The molecule has 0 aliphatic carbocycles. The topological polar surface area (TPSA) is 94.4 Å². The molecule has 0 spiro atoms. The van der Waals surface area contributed by atoms with Crippen molar-refractivity contribution in [2.75, 3.05) is 19.8 Å². The molecule has 0 saturated heterocycles. The second kappa shape index (κ2) is 11.7. The van der Waals surface area contributed by atoms with Gasteiger partial charge in [0.1, 0.15) is 22.1 Å². The predicted octanol–water partition coefficient (Wildman–Crippen LogP) is 5.58. The maximum absolute atomic E-state index is 12.6. The number of carbonyl (C=O) groups is 2. The highest BCUT2D eigenvalue weighted by Crippen LogP contribution is 2.41. The summed E-state index contributed by atoms with van der Waals surface area (Å²) in [7, 11) is 0. The molecule has 33 heavy (non-hydrogen) atoms. The van der Waals surface area contributed by atoms with Crippen LogP contribution in [0.25, 0.3) is 6.08 Å². The first kappa shape index (κ1) is 24.6. The summed E-state index contributed by atoms with van der Waals surface area (Å²) in [5, 5.41) is 11.2. The molecule has 172 valence electrons. The number of esters is 2. The third kappa shape index (κ3) is 6.49. The zero-order valence-electron chi connectivity index (χ0n) is 18.0. The average Bonchev–Trinajstić information content (AvgIpc) is 3.09. The van der Waals surface area contributed by atoms with Gasteiger partial charge in [0.05, 0.1) is 23.8 Å². The lowest BCUT2D eigenvalue weighted by molar-refractivity contribution is -0.145. The predicted molar refractivity (Wildman–Crippen MR) is 132 cm³/mol. The van der Waals surface area contributed by atoms with Crippen LogP contribution >= 0.6 is 27.7 Å². The van der Waals surface area contributed by atoms with E-state index < -0.39 is 11.9 Å². The van der Waals surface area contributed by atoms with Crippen LogP contribution in [0.2, 0.25) is 0 Å². The van der Waals surface area contributed by atoms with Crippen LogP contribution in [0.4, 0.5) is 5.69 Å². The Balaban J connectivity index is 1.99. The van der Waals surface area contributed by atoms with Gasteiger partial charge in [0.15, 0.2) is 6.61 Å². The Hall–Kier alpha value is -3.04. The minimum atomic E-state index is -0.659. The van der Waals surface area contributed by atoms with Gasteiger partial charge in [0, 0.05) is 10.0 Å². The first-order valence-electron chi connectivity index (χ1n) is 10.1. The molecule has 7 nitrogen and oxygen atoms in total. The van der Waals surface area contributed by atoms with Crippen LogP contribution in [0, 0.1) is 0 Å². The fraction of sp³-hybridized carbons (Fsp3) is 0.208. The van der Waals surface area contributed by atoms with Crippen molar-refractivity contribution in [3.05, 3.63) is 74.8 Å². The number of aliphatic hydroxyl groups excluding tert-OH is 1. The Labute approximate surface area is 204 Å². The van der Waals surface area contributed by atoms with Crippen molar-refractivity contribution in [1.82, 2.24) is 0 Å². The molecule has 0 atom stereocenters. The first-order chi connectivity index (χ1) is 15.9. The molecule has 0 unspecified atom stereocenters. The highest BCUT2D eigenvalue weighted by molar-refractivity contribution is 9.10. The number of benzene rings is 2. The molecule has 1 aliphatic rings. The smallest absolute Gasteiger partial charge is 0.344 e. The van der Waals surface area contributed by atoms with Crippen molar-refractivity contribution in [2.24, 2.45) is 4.99 Å². The Morgan fingerprint density at radius 1 is 1.09 bits per heavy atom. The van der Waals surface area contributed by atoms with E-state index in [-0.39, 0.29) is 31.2 Å². The van der Waals surface area contributed by atoms with E-state index in [1.807, 2.05) is 18.2 Å². The molecule has 9 heteroatoms. The number of carbonyl (C=O) groups excluding carboxylic acids is 2. The lowest BCUT2D eigenvalue weighted by atomic mass is 10.1. The number of ether oxygens (including phenoxy) is 3. The Bertz CT molecular complexity index is 1130. The highest BCUT2D eigenvalue weighted by Gasteiger charge is 2.33. The second-order valence-corrected chi connectivity index (χ2v) is 8.53. The van der Waals surface area contributed by atoms with E-state index in [4.69, 9.17) is 14.2 Å². The van der Waals surface area contributed by atoms with Crippen molar-refractivity contribution < 1.29 is 28.9 Å². The third-order valence-corrected chi connectivity index (χ3v) is 5.78. The van der Waals surface area contributed by atoms with E-state index in [1.54, 1.807) is 50.3 Å². The standard InChI is InChI=1S/C24H22BrNO6S/c1-3-30-20(27)14-32-18-11-10-16(25)12-15(18)13-19-22(28)21(24(29)31-4-2)23(33-19)26-17-8-6-5-7-9-17/h5-13,28H,3-4,14H2,1-2H3/b19-13-,26-23?. The van der Waals surface area contributed by atoms with Gasteiger partial charge in [-0.3, -0.25) is 0 Å². The molecule has 2 aromatic carbocycles. The molecule has 0 aromatic heterocycles. The van der Waals surface area contributed by atoms with E-state index in [0.29, 0.717) is 26.9 Å². The van der Waals surface area contributed by atoms with Gasteiger partial charge in [-0.05, 0) is 50.3 Å². The molecule has 1 aliphatic heterocycles. The van der Waals surface area contributed by atoms with Crippen molar-refractivity contribution in [3.8, 4) is 5.75 Å². The molecular weight excluding hydrogens is 510 g/mol. The Morgan fingerprint density at radius 2 is 1.82 bits per heavy atom. The number of aliphatic hydroxyl groups is 1. The fourth-order valence-corrected chi connectivity index (χ4v) is 4.26. The first-order valence-corrected chi connectivity index (χ1v) is 11.8. The number of aliphatic imine (C=N–C) groups is 1. The summed E-state index contributed by atoms with van der Waals surface area (Å²) in [5.41, 5.74) is 1.23. The van der Waals surface area contributed by atoms with E-state index in [0.717, 1.165) is 16.2 Å². The average molecular weight is 532 g/mol. The highest BCUT2D eigenvalue weighted by atomic mass is 79.9. The van der Waals surface area contributed by atoms with Crippen LogP contribution in [0.1, 0.15) is 19.4 Å². The summed E-state index contributed by atoms with van der Waals surface area (Å²) in [4.78, 5) is 29.2. The molecule has 0 fully saturated rings. The van der Waals surface area contributed by atoms with E-state index in [9.17, 15) is 14.7 Å². The van der Waals surface area contributed by atoms with Gasteiger partial charge in [0.25, 0.3) is 0 Å². The Morgan fingerprint density at radius 3 is 2.52 bits per heavy atom. The maximum Gasteiger partial charge on any atom is 0.344 e. The summed E-state index contributed by atoms with van der Waals surface area (Å²) < 4.78 is 16.4. The summed E-state index contributed by atoms with van der Waals surface area (Å²) in [6.07, 6.45) is 1.66. The van der Waals surface area contributed by atoms with Gasteiger partial charge in [-0.15, -0.1) is 0 Å². The normalized spacial score (nSPS) is 15.7. The van der Waals surface area contributed by atoms with E-state index in [2.05, 4.69) is 20.9 Å². The van der Waals surface area contributed by atoms with Crippen LogP contribution in [0.5, 0.6) is 5.75 Å².